The molecule has 2 fully saturated rings. The highest BCUT2D eigenvalue weighted by molar-refractivity contribution is 4.93. The zero-order chi connectivity index (χ0) is 12.3. The molecule has 0 bridgehead atoms. The summed E-state index contributed by atoms with van der Waals surface area (Å²) in [5, 5.41) is 10.6. The van der Waals surface area contributed by atoms with Gasteiger partial charge < -0.3 is 5.11 Å². The lowest BCUT2D eigenvalue weighted by atomic mass is 9.85. The van der Waals surface area contributed by atoms with Crippen molar-refractivity contribution in [2.75, 3.05) is 13.1 Å². The Morgan fingerprint density at radius 2 is 1.88 bits per heavy atom. The summed E-state index contributed by atoms with van der Waals surface area (Å²) < 4.78 is 0. The van der Waals surface area contributed by atoms with E-state index in [9.17, 15) is 5.11 Å². The van der Waals surface area contributed by atoms with Crippen LogP contribution in [0, 0.1) is 5.92 Å². The second kappa shape index (κ2) is 5.71. The van der Waals surface area contributed by atoms with Crippen molar-refractivity contribution in [2.45, 2.75) is 76.9 Å². The van der Waals surface area contributed by atoms with Crippen LogP contribution in [0.3, 0.4) is 0 Å². The maximum Gasteiger partial charge on any atom is 0.0721 e. The van der Waals surface area contributed by atoms with E-state index >= 15 is 0 Å². The molecule has 2 aliphatic rings. The van der Waals surface area contributed by atoms with Gasteiger partial charge in [-0.3, -0.25) is 4.90 Å². The molecule has 1 saturated carbocycles. The SMILES string of the molecule is CCC(C)(C(O)CCC1CC1)N1CCCCC1. The van der Waals surface area contributed by atoms with Crippen LogP contribution in [0.25, 0.3) is 0 Å². The van der Waals surface area contributed by atoms with Crippen molar-refractivity contribution in [3.8, 4) is 0 Å². The van der Waals surface area contributed by atoms with Crippen molar-refractivity contribution in [1.82, 2.24) is 4.90 Å². The maximum atomic E-state index is 10.6. The van der Waals surface area contributed by atoms with Crippen molar-refractivity contribution in [3.05, 3.63) is 0 Å². The molecule has 1 heterocycles. The molecule has 0 aromatic carbocycles. The molecule has 0 spiro atoms. The van der Waals surface area contributed by atoms with E-state index in [1.54, 1.807) is 0 Å². The van der Waals surface area contributed by atoms with Gasteiger partial charge in [0.2, 0.25) is 0 Å². The molecule has 1 saturated heterocycles. The Balaban J connectivity index is 1.89. The van der Waals surface area contributed by atoms with Crippen LogP contribution >= 0.6 is 0 Å². The number of hydrogen-bond acceptors (Lipinski definition) is 2. The van der Waals surface area contributed by atoms with E-state index in [2.05, 4.69) is 18.7 Å². The van der Waals surface area contributed by atoms with Crippen LogP contribution < -0.4 is 0 Å². The third kappa shape index (κ3) is 3.23. The fraction of sp³-hybridized carbons (Fsp3) is 1.00. The number of piperidine rings is 1. The monoisotopic (exact) mass is 239 g/mol. The minimum Gasteiger partial charge on any atom is -0.391 e. The van der Waals surface area contributed by atoms with Crippen LogP contribution in [0.2, 0.25) is 0 Å². The van der Waals surface area contributed by atoms with Gasteiger partial charge in [-0.05, 0) is 58.0 Å². The number of hydrogen-bond donors (Lipinski definition) is 1. The molecular weight excluding hydrogens is 210 g/mol. The summed E-state index contributed by atoms with van der Waals surface area (Å²) in [6, 6.07) is 0. The van der Waals surface area contributed by atoms with Crippen LogP contribution in [-0.2, 0) is 0 Å². The normalized spacial score (nSPS) is 27.7. The van der Waals surface area contributed by atoms with E-state index in [0.29, 0.717) is 0 Å². The van der Waals surface area contributed by atoms with E-state index in [-0.39, 0.29) is 11.6 Å². The molecule has 0 radical (unpaired) electrons. The Morgan fingerprint density at radius 1 is 1.24 bits per heavy atom. The predicted molar refractivity (Wildman–Crippen MR) is 72.1 cm³/mol. The minimum atomic E-state index is -0.133. The zero-order valence-electron chi connectivity index (χ0n) is 11.6. The molecule has 100 valence electrons. The largest absolute Gasteiger partial charge is 0.391 e. The Labute approximate surface area is 106 Å². The van der Waals surface area contributed by atoms with Crippen molar-refractivity contribution in [1.29, 1.82) is 0 Å². The standard InChI is InChI=1S/C15H29NO/c1-3-15(2,16-11-5-4-6-12-16)14(17)10-9-13-7-8-13/h13-14,17H,3-12H2,1-2H3. The van der Waals surface area contributed by atoms with Gasteiger partial charge in [-0.1, -0.05) is 26.2 Å². The summed E-state index contributed by atoms with van der Waals surface area (Å²) in [6.45, 7) is 6.88. The van der Waals surface area contributed by atoms with Crippen LogP contribution in [-0.4, -0.2) is 34.7 Å². The van der Waals surface area contributed by atoms with Gasteiger partial charge in [-0.15, -0.1) is 0 Å². The van der Waals surface area contributed by atoms with Crippen LogP contribution in [0.5, 0.6) is 0 Å². The van der Waals surface area contributed by atoms with Crippen LogP contribution in [0.1, 0.15) is 65.2 Å². The summed E-state index contributed by atoms with van der Waals surface area (Å²) in [7, 11) is 0. The third-order valence-electron chi connectivity index (χ3n) is 5.06. The van der Waals surface area contributed by atoms with Gasteiger partial charge in [-0.25, -0.2) is 0 Å². The molecule has 2 unspecified atom stereocenters. The van der Waals surface area contributed by atoms with E-state index < -0.39 is 0 Å². The summed E-state index contributed by atoms with van der Waals surface area (Å²) in [4.78, 5) is 2.55. The first-order valence-electron chi connectivity index (χ1n) is 7.60. The number of rotatable bonds is 6. The minimum absolute atomic E-state index is 0.0231. The lowest BCUT2D eigenvalue weighted by Gasteiger charge is -2.46. The number of likely N-dealkylation sites (tertiary alicyclic amines) is 1. The molecule has 2 heteroatoms. The van der Waals surface area contributed by atoms with Gasteiger partial charge in [0, 0.05) is 5.54 Å². The maximum absolute atomic E-state index is 10.6. The molecule has 1 aliphatic carbocycles. The second-order valence-corrected chi connectivity index (χ2v) is 6.29. The smallest absolute Gasteiger partial charge is 0.0721 e. The Hall–Kier alpha value is -0.0800. The van der Waals surface area contributed by atoms with E-state index in [0.717, 1.165) is 18.8 Å². The summed E-state index contributed by atoms with van der Waals surface area (Å²) in [5.74, 6) is 0.937. The van der Waals surface area contributed by atoms with E-state index in [1.807, 2.05) is 0 Å². The molecule has 2 rings (SSSR count). The van der Waals surface area contributed by atoms with E-state index in [1.165, 1.54) is 51.6 Å². The Bertz CT molecular complexity index is 233. The van der Waals surface area contributed by atoms with Crippen molar-refractivity contribution in [3.63, 3.8) is 0 Å². The first-order valence-corrected chi connectivity index (χ1v) is 7.60. The molecule has 0 amide bonds. The van der Waals surface area contributed by atoms with Crippen LogP contribution in [0.4, 0.5) is 0 Å². The molecule has 17 heavy (non-hydrogen) atoms. The fourth-order valence-corrected chi connectivity index (χ4v) is 3.19. The summed E-state index contributed by atoms with van der Waals surface area (Å²) in [6.07, 6.45) is 9.98. The highest BCUT2D eigenvalue weighted by Crippen LogP contribution is 2.36. The number of nitrogens with zero attached hydrogens (tertiary/aromatic N) is 1. The summed E-state index contributed by atoms with van der Waals surface area (Å²) >= 11 is 0. The van der Waals surface area contributed by atoms with Gasteiger partial charge >= 0.3 is 0 Å². The van der Waals surface area contributed by atoms with E-state index in [4.69, 9.17) is 0 Å². The van der Waals surface area contributed by atoms with Crippen molar-refractivity contribution >= 4 is 0 Å². The lowest BCUT2D eigenvalue weighted by molar-refractivity contribution is -0.0383. The average Bonchev–Trinajstić information content (AvgIpc) is 3.20. The number of aliphatic hydroxyl groups excluding tert-OH is 1. The fourth-order valence-electron chi connectivity index (χ4n) is 3.19. The Morgan fingerprint density at radius 3 is 2.41 bits per heavy atom. The summed E-state index contributed by atoms with van der Waals surface area (Å²) in [5.41, 5.74) is 0.0231. The average molecular weight is 239 g/mol. The highest BCUT2D eigenvalue weighted by Gasteiger charge is 2.38. The molecular formula is C15H29NO. The lowest BCUT2D eigenvalue weighted by Crippen LogP contribution is -2.55. The van der Waals surface area contributed by atoms with Crippen molar-refractivity contribution in [2.24, 2.45) is 5.92 Å². The molecule has 0 aromatic rings. The molecule has 1 aliphatic heterocycles. The first-order chi connectivity index (χ1) is 8.16. The Kier molecular flexibility index (Phi) is 4.48. The third-order valence-corrected chi connectivity index (χ3v) is 5.06. The topological polar surface area (TPSA) is 23.5 Å². The molecule has 0 aromatic heterocycles. The van der Waals surface area contributed by atoms with Gasteiger partial charge in [0.15, 0.2) is 0 Å². The first kappa shape index (κ1) is 13.4. The second-order valence-electron chi connectivity index (χ2n) is 6.29. The quantitative estimate of drug-likeness (QED) is 0.769. The predicted octanol–water partition coefficient (Wildman–Crippen LogP) is 3.19. The zero-order valence-corrected chi connectivity index (χ0v) is 11.6. The molecule has 1 N–H and O–H groups in total. The van der Waals surface area contributed by atoms with Gasteiger partial charge in [0.05, 0.1) is 6.10 Å². The molecule has 2 nitrogen and oxygen atoms in total. The molecule has 2 atom stereocenters. The van der Waals surface area contributed by atoms with Gasteiger partial charge in [0.25, 0.3) is 0 Å². The highest BCUT2D eigenvalue weighted by atomic mass is 16.3. The number of aliphatic hydroxyl groups is 1. The van der Waals surface area contributed by atoms with Gasteiger partial charge in [-0.2, -0.15) is 0 Å². The van der Waals surface area contributed by atoms with Crippen molar-refractivity contribution < 1.29 is 5.11 Å². The van der Waals surface area contributed by atoms with Gasteiger partial charge in [0.1, 0.15) is 0 Å². The van der Waals surface area contributed by atoms with Crippen LogP contribution in [0.15, 0.2) is 0 Å².